The van der Waals surface area contributed by atoms with Crippen LogP contribution in [-0.4, -0.2) is 92.7 Å². The molecule has 1 unspecified atom stereocenters. The van der Waals surface area contributed by atoms with Crippen LogP contribution in [0.3, 0.4) is 0 Å². The van der Waals surface area contributed by atoms with E-state index < -0.39 is 6.10 Å². The Kier molecular flexibility index (Phi) is 10.2. The van der Waals surface area contributed by atoms with Crippen LogP contribution in [0.2, 0.25) is 0 Å². The molecule has 24 heavy (non-hydrogen) atoms. The van der Waals surface area contributed by atoms with Crippen molar-refractivity contribution in [3.8, 4) is 0 Å². The van der Waals surface area contributed by atoms with Gasteiger partial charge in [0.2, 0.25) is 0 Å². The number of carbonyl (C=O) groups is 1. The first-order valence-corrected chi connectivity index (χ1v) is 9.07. The highest BCUT2D eigenvalue weighted by Crippen LogP contribution is 2.11. The van der Waals surface area contributed by atoms with Crippen molar-refractivity contribution < 1.29 is 23.9 Å². The first kappa shape index (κ1) is 21.1. The highest BCUT2D eigenvalue weighted by molar-refractivity contribution is 5.70. The van der Waals surface area contributed by atoms with Gasteiger partial charge in [0, 0.05) is 26.2 Å². The van der Waals surface area contributed by atoms with Crippen molar-refractivity contribution in [2.24, 2.45) is 0 Å². The Bertz CT molecular complexity index is 379. The predicted molar refractivity (Wildman–Crippen MR) is 94.7 cm³/mol. The molecule has 1 fully saturated rings. The van der Waals surface area contributed by atoms with E-state index >= 15 is 0 Å². The molecular weight excluding hydrogens is 308 g/mol. The SMILES string of the molecule is C/C=C\COC(=O)C[N+]1(C)CCN(CC(O)COCCCC)CC1. The molecule has 6 heteroatoms. The molecule has 0 aromatic heterocycles. The minimum absolute atomic E-state index is 0.145. The minimum Gasteiger partial charge on any atom is -0.457 e. The number of aliphatic hydroxyl groups excluding tert-OH is 1. The lowest BCUT2D eigenvalue weighted by atomic mass is 10.2. The number of allylic oxidation sites excluding steroid dienone is 1. The van der Waals surface area contributed by atoms with Gasteiger partial charge in [0.25, 0.3) is 0 Å². The number of hydrogen-bond acceptors (Lipinski definition) is 5. The average Bonchev–Trinajstić information content (AvgIpc) is 2.54. The van der Waals surface area contributed by atoms with Crippen LogP contribution < -0.4 is 0 Å². The van der Waals surface area contributed by atoms with Crippen molar-refractivity contribution in [3.05, 3.63) is 12.2 Å². The third kappa shape index (κ3) is 8.78. The second kappa shape index (κ2) is 11.6. The van der Waals surface area contributed by atoms with Gasteiger partial charge in [-0.1, -0.05) is 25.5 Å². The molecule has 0 aliphatic carbocycles. The van der Waals surface area contributed by atoms with E-state index in [2.05, 4.69) is 18.9 Å². The van der Waals surface area contributed by atoms with Crippen LogP contribution in [0.25, 0.3) is 0 Å². The van der Waals surface area contributed by atoms with Crippen LogP contribution in [0, 0.1) is 0 Å². The molecule has 6 nitrogen and oxygen atoms in total. The number of quaternary nitrogens is 1. The molecule has 1 aliphatic heterocycles. The van der Waals surface area contributed by atoms with Crippen LogP contribution >= 0.6 is 0 Å². The maximum absolute atomic E-state index is 11.9. The molecule has 1 N–H and O–H groups in total. The van der Waals surface area contributed by atoms with Crippen molar-refractivity contribution >= 4 is 5.97 Å². The molecule has 1 saturated heterocycles. The summed E-state index contributed by atoms with van der Waals surface area (Å²) in [6.07, 6.45) is 5.41. The fraction of sp³-hybridized carbons (Fsp3) is 0.833. The molecule has 0 radical (unpaired) electrons. The van der Waals surface area contributed by atoms with Gasteiger partial charge in [-0.3, -0.25) is 4.90 Å². The molecule has 0 bridgehead atoms. The molecule has 0 amide bonds. The van der Waals surface area contributed by atoms with Crippen LogP contribution in [0.4, 0.5) is 0 Å². The van der Waals surface area contributed by atoms with Gasteiger partial charge in [-0.15, -0.1) is 0 Å². The fourth-order valence-electron chi connectivity index (χ4n) is 2.74. The summed E-state index contributed by atoms with van der Waals surface area (Å²) < 4.78 is 11.4. The number of aliphatic hydroxyl groups is 1. The van der Waals surface area contributed by atoms with Gasteiger partial charge < -0.3 is 19.1 Å². The number of ether oxygens (including phenoxy) is 2. The van der Waals surface area contributed by atoms with Gasteiger partial charge in [-0.05, 0) is 13.3 Å². The zero-order valence-electron chi connectivity index (χ0n) is 15.6. The number of nitrogens with zero attached hydrogens (tertiary/aromatic N) is 2. The monoisotopic (exact) mass is 343 g/mol. The third-order valence-electron chi connectivity index (χ3n) is 4.42. The van der Waals surface area contributed by atoms with E-state index in [-0.39, 0.29) is 5.97 Å². The van der Waals surface area contributed by atoms with Gasteiger partial charge in [0.1, 0.15) is 6.61 Å². The Morgan fingerprint density at radius 1 is 1.38 bits per heavy atom. The van der Waals surface area contributed by atoms with E-state index in [9.17, 15) is 9.90 Å². The largest absolute Gasteiger partial charge is 0.457 e. The van der Waals surface area contributed by atoms with Gasteiger partial charge in [-0.2, -0.15) is 0 Å². The van der Waals surface area contributed by atoms with Crippen LogP contribution in [0.15, 0.2) is 12.2 Å². The van der Waals surface area contributed by atoms with Crippen molar-refractivity contribution in [2.75, 3.05) is 66.1 Å². The molecule has 1 rings (SSSR count). The topological polar surface area (TPSA) is 59.0 Å². The maximum atomic E-state index is 11.9. The average molecular weight is 343 g/mol. The van der Waals surface area contributed by atoms with E-state index in [1.165, 1.54) is 0 Å². The standard InChI is InChI=1S/C18H35N2O4/c1-4-6-12-23-16-17(21)14-19-8-10-20(3,11-9-19)15-18(22)24-13-7-5-2/h5,7,17,21H,4,6,8-16H2,1-3H3/q+1/b7-5-. The van der Waals surface area contributed by atoms with Crippen LogP contribution in [-0.2, 0) is 14.3 Å². The van der Waals surface area contributed by atoms with Crippen molar-refractivity contribution in [1.82, 2.24) is 4.90 Å². The molecule has 1 heterocycles. The third-order valence-corrected chi connectivity index (χ3v) is 4.42. The van der Waals surface area contributed by atoms with Crippen molar-refractivity contribution in [2.45, 2.75) is 32.8 Å². The van der Waals surface area contributed by atoms with E-state index in [0.29, 0.717) is 30.8 Å². The van der Waals surface area contributed by atoms with Gasteiger partial charge in [0.15, 0.2) is 6.54 Å². The summed E-state index contributed by atoms with van der Waals surface area (Å²) in [5, 5.41) is 10.0. The number of β-amino-alcohol motifs (C(OH)–C–C–N with tert-alkyl or cyclic N) is 1. The van der Waals surface area contributed by atoms with Crippen LogP contribution in [0.1, 0.15) is 26.7 Å². The van der Waals surface area contributed by atoms with Crippen molar-refractivity contribution in [1.29, 1.82) is 0 Å². The molecule has 1 atom stereocenters. The summed E-state index contributed by atoms with van der Waals surface area (Å²) in [4.78, 5) is 14.1. The highest BCUT2D eigenvalue weighted by atomic mass is 16.5. The van der Waals surface area contributed by atoms with Gasteiger partial charge in [-0.25, -0.2) is 4.79 Å². The molecular formula is C18H35N2O4+. The minimum atomic E-state index is -0.440. The Hall–Kier alpha value is -0.950. The smallest absolute Gasteiger partial charge is 0.362 e. The normalized spacial score (nSPS) is 19.5. The van der Waals surface area contributed by atoms with Gasteiger partial charge in [0.05, 0.1) is 32.8 Å². The molecule has 0 saturated carbocycles. The quantitative estimate of drug-likeness (QED) is 0.263. The summed E-state index contributed by atoms with van der Waals surface area (Å²) in [6, 6.07) is 0. The Labute approximate surface area is 146 Å². The van der Waals surface area contributed by atoms with Crippen molar-refractivity contribution in [3.63, 3.8) is 0 Å². The van der Waals surface area contributed by atoms with E-state index in [0.717, 1.165) is 45.6 Å². The lowest BCUT2D eigenvalue weighted by Crippen LogP contribution is -2.60. The molecule has 0 aromatic carbocycles. The van der Waals surface area contributed by atoms with E-state index in [4.69, 9.17) is 9.47 Å². The second-order valence-electron chi connectivity index (χ2n) is 6.86. The number of hydrogen-bond donors (Lipinski definition) is 1. The first-order chi connectivity index (χ1) is 11.5. The lowest BCUT2D eigenvalue weighted by Gasteiger charge is -2.41. The summed E-state index contributed by atoms with van der Waals surface area (Å²) in [6.45, 7) is 10.1. The Morgan fingerprint density at radius 3 is 2.71 bits per heavy atom. The predicted octanol–water partition coefficient (Wildman–Crippen LogP) is 1.05. The number of esters is 1. The van der Waals surface area contributed by atoms with Gasteiger partial charge >= 0.3 is 5.97 Å². The molecule has 140 valence electrons. The first-order valence-electron chi connectivity index (χ1n) is 9.07. The second-order valence-corrected chi connectivity index (χ2v) is 6.86. The molecule has 1 aliphatic rings. The highest BCUT2D eigenvalue weighted by Gasteiger charge is 2.32. The summed E-state index contributed by atoms with van der Waals surface area (Å²) >= 11 is 0. The summed E-state index contributed by atoms with van der Waals surface area (Å²) in [7, 11) is 2.10. The number of rotatable bonds is 11. The van der Waals surface area contributed by atoms with Crippen LogP contribution in [0.5, 0.6) is 0 Å². The zero-order chi connectivity index (χ0) is 17.8. The number of carbonyl (C=O) groups excluding carboxylic acids is 1. The molecule has 0 spiro atoms. The number of piperazine rings is 1. The Morgan fingerprint density at radius 2 is 2.08 bits per heavy atom. The lowest BCUT2D eigenvalue weighted by molar-refractivity contribution is -0.906. The number of likely N-dealkylation sites (N-methyl/N-ethyl adjacent to an activating group) is 1. The fourth-order valence-corrected chi connectivity index (χ4v) is 2.74. The number of unbranched alkanes of at least 4 members (excludes halogenated alkanes) is 1. The zero-order valence-corrected chi connectivity index (χ0v) is 15.6. The maximum Gasteiger partial charge on any atom is 0.362 e. The van der Waals surface area contributed by atoms with E-state index in [1.54, 1.807) is 0 Å². The summed E-state index contributed by atoms with van der Waals surface area (Å²) in [5.74, 6) is -0.145. The molecule has 0 aromatic rings. The van der Waals surface area contributed by atoms with E-state index in [1.807, 2.05) is 19.1 Å². The Balaban J connectivity index is 2.23. The summed E-state index contributed by atoms with van der Waals surface area (Å²) in [5.41, 5.74) is 0.